The van der Waals surface area contributed by atoms with Crippen LogP contribution in [-0.2, 0) is 11.9 Å². The summed E-state index contributed by atoms with van der Waals surface area (Å²) < 4.78 is 0. The van der Waals surface area contributed by atoms with E-state index in [1.165, 1.54) is 0 Å². The van der Waals surface area contributed by atoms with Crippen LogP contribution in [0.4, 0.5) is 0 Å². The normalized spacial score (nSPS) is 4.00. The van der Waals surface area contributed by atoms with Crippen molar-refractivity contribution < 1.29 is 22.8 Å². The quantitative estimate of drug-likeness (QED) is 0.560. The van der Waals surface area contributed by atoms with E-state index in [9.17, 15) is 0 Å². The van der Waals surface area contributed by atoms with Crippen molar-refractivity contribution in [2.45, 2.75) is 0 Å². The van der Waals surface area contributed by atoms with E-state index in [4.69, 9.17) is 0 Å². The molecule has 0 saturated carbocycles. The molecule has 0 saturated heterocycles. The van der Waals surface area contributed by atoms with Crippen LogP contribution in [0.25, 0.3) is 0 Å². The molecule has 0 spiro atoms. The van der Waals surface area contributed by atoms with Gasteiger partial charge in [0.25, 0.3) is 0 Å². The second-order valence-corrected chi connectivity index (χ2v) is 10.9. The van der Waals surface area contributed by atoms with Crippen LogP contribution in [0.5, 0.6) is 0 Å². The molecule has 0 aromatic heterocycles. The van der Waals surface area contributed by atoms with Crippen LogP contribution >= 0.6 is 29.5 Å². The van der Waals surface area contributed by atoms with Crippen molar-refractivity contribution in [1.29, 1.82) is 0 Å². The molecule has 6 heavy (non-hydrogen) atoms. The van der Waals surface area contributed by atoms with Crippen molar-refractivity contribution in [3.63, 3.8) is 0 Å². The molecule has 0 fully saturated rings. The standard InChI is InChI=1S/Mo.2H2O.3S/h;2*1H2;;;. The molecule has 0 aromatic carbocycles. The Hall–Kier alpha value is 1.27. The fraction of sp³-hybridized carbons (Fsp3) is 0. The summed E-state index contributed by atoms with van der Waals surface area (Å²) in [5, 5.41) is 0. The van der Waals surface area contributed by atoms with Gasteiger partial charge >= 0.3 is 41.3 Å². The first-order chi connectivity index (χ1) is 1.73. The van der Waals surface area contributed by atoms with Crippen LogP contribution in [0.1, 0.15) is 0 Å². The topological polar surface area (TPSA) is 63.0 Å². The van der Waals surface area contributed by atoms with Gasteiger partial charge in [-0.05, 0) is 0 Å². The monoisotopic (exact) mass is 230 g/mol. The minimum absolute atomic E-state index is 0. The summed E-state index contributed by atoms with van der Waals surface area (Å²) in [5.74, 6) is 0. The minimum atomic E-state index is -1.61. The summed E-state index contributed by atoms with van der Waals surface area (Å²) in [7, 11) is 13.3. The van der Waals surface area contributed by atoms with Crippen LogP contribution in [0, 0.1) is 0 Å². The van der Waals surface area contributed by atoms with Crippen LogP contribution in [0.15, 0.2) is 0 Å². The first kappa shape index (κ1) is 15.7. The zero-order valence-corrected chi connectivity index (χ0v) is 7.09. The second kappa shape index (κ2) is 9.55. The average molecular weight is 228 g/mol. The van der Waals surface area contributed by atoms with Gasteiger partial charge in [0.05, 0.1) is 0 Å². The van der Waals surface area contributed by atoms with Gasteiger partial charge in [-0.2, -0.15) is 0 Å². The third-order valence-corrected chi connectivity index (χ3v) is 0. The van der Waals surface area contributed by atoms with E-state index in [0.717, 1.165) is 0 Å². The molecule has 0 aliphatic heterocycles. The van der Waals surface area contributed by atoms with Gasteiger partial charge in [-0.15, -0.1) is 0 Å². The van der Waals surface area contributed by atoms with Gasteiger partial charge in [0.1, 0.15) is 0 Å². The zero-order chi connectivity index (χ0) is 3.58. The Morgan fingerprint density at radius 1 is 0.833 bits per heavy atom. The first-order valence-corrected chi connectivity index (χ1v) is 8.87. The van der Waals surface area contributed by atoms with E-state index in [1.54, 1.807) is 0 Å². The maximum absolute atomic E-state index is 4.42. The van der Waals surface area contributed by atoms with Gasteiger partial charge in [0.2, 0.25) is 0 Å². The molecule has 0 radical (unpaired) electrons. The summed E-state index contributed by atoms with van der Waals surface area (Å²) in [6.07, 6.45) is 0. The van der Waals surface area contributed by atoms with Crippen molar-refractivity contribution in [1.82, 2.24) is 0 Å². The molecule has 0 heterocycles. The Balaban J connectivity index is -0.0000000450. The molecule has 0 aliphatic carbocycles. The van der Waals surface area contributed by atoms with Crippen LogP contribution in [0.2, 0.25) is 0 Å². The van der Waals surface area contributed by atoms with E-state index in [0.29, 0.717) is 0 Å². The summed E-state index contributed by atoms with van der Waals surface area (Å²) in [4.78, 5) is 0. The molecule has 6 heteroatoms. The summed E-state index contributed by atoms with van der Waals surface area (Å²) >= 11 is -1.61. The van der Waals surface area contributed by atoms with E-state index < -0.39 is 11.9 Å². The molecule has 0 atom stereocenters. The van der Waals surface area contributed by atoms with Crippen molar-refractivity contribution in [2.75, 3.05) is 0 Å². The predicted octanol–water partition coefficient (Wildman–Crippen LogP) is 0.293. The molecule has 0 unspecified atom stereocenters. The Kier molecular flexibility index (Phi) is 24.9. The van der Waals surface area contributed by atoms with E-state index in [2.05, 4.69) is 29.5 Å². The Bertz CT molecular complexity index is 78.2. The molecule has 0 rings (SSSR count). The molecular weight excluding hydrogens is 224 g/mol. The third kappa shape index (κ3) is 59.7. The van der Waals surface area contributed by atoms with Crippen LogP contribution < -0.4 is 0 Å². The first-order valence-electron chi connectivity index (χ1n) is 0.500. The summed E-state index contributed by atoms with van der Waals surface area (Å²) in [6, 6.07) is 0. The van der Waals surface area contributed by atoms with Crippen LogP contribution in [0.3, 0.4) is 0 Å². The van der Waals surface area contributed by atoms with Gasteiger partial charge in [0.15, 0.2) is 0 Å². The molecular formula is H4MoO2S3. The maximum atomic E-state index is 4.42. The van der Waals surface area contributed by atoms with Crippen LogP contribution in [-0.4, -0.2) is 11.0 Å². The molecule has 4 N–H and O–H groups in total. The van der Waals surface area contributed by atoms with Gasteiger partial charge in [-0.1, -0.05) is 0 Å². The van der Waals surface area contributed by atoms with Crippen molar-refractivity contribution in [2.24, 2.45) is 0 Å². The van der Waals surface area contributed by atoms with Gasteiger partial charge in [-0.25, -0.2) is 0 Å². The molecule has 0 aromatic rings. The van der Waals surface area contributed by atoms with Gasteiger partial charge in [0, 0.05) is 0 Å². The van der Waals surface area contributed by atoms with E-state index >= 15 is 0 Å². The van der Waals surface area contributed by atoms with Crippen molar-refractivity contribution >= 4 is 29.5 Å². The Morgan fingerprint density at radius 3 is 0.833 bits per heavy atom. The number of hydrogen-bond acceptors (Lipinski definition) is 3. The molecule has 0 amide bonds. The number of rotatable bonds is 0. The van der Waals surface area contributed by atoms with E-state index in [1.807, 2.05) is 0 Å². The SMILES string of the molecule is O.O.[S]=[Mo](=[S])=[S]. The Labute approximate surface area is 52.1 Å². The molecule has 0 bridgehead atoms. The van der Waals surface area contributed by atoms with Crippen molar-refractivity contribution in [3.8, 4) is 0 Å². The molecule has 0 aliphatic rings. The second-order valence-electron chi connectivity index (χ2n) is 0.204. The third-order valence-electron chi connectivity index (χ3n) is 0. The predicted molar refractivity (Wildman–Crippen MR) is 30.0 cm³/mol. The fourth-order valence-corrected chi connectivity index (χ4v) is 0. The average Bonchev–Trinajstić information content (AvgIpc) is 0.811. The van der Waals surface area contributed by atoms with E-state index in [-0.39, 0.29) is 11.0 Å². The molecule has 2 nitrogen and oxygen atoms in total. The summed E-state index contributed by atoms with van der Waals surface area (Å²) in [6.45, 7) is 0. The van der Waals surface area contributed by atoms with Crippen molar-refractivity contribution in [3.05, 3.63) is 0 Å². The number of hydrogen-bond donors (Lipinski definition) is 0. The zero-order valence-electron chi connectivity index (χ0n) is 2.63. The fourth-order valence-electron chi connectivity index (χ4n) is 0. The molecule has 40 valence electrons. The Morgan fingerprint density at radius 2 is 0.833 bits per heavy atom. The van der Waals surface area contributed by atoms with Gasteiger partial charge < -0.3 is 11.0 Å². The van der Waals surface area contributed by atoms with Gasteiger partial charge in [-0.3, -0.25) is 0 Å². The summed E-state index contributed by atoms with van der Waals surface area (Å²) in [5.41, 5.74) is 0.